The van der Waals surface area contributed by atoms with Crippen molar-refractivity contribution in [2.45, 2.75) is 31.4 Å². The van der Waals surface area contributed by atoms with Crippen LogP contribution in [-0.2, 0) is 34.1 Å². The Kier molecular flexibility index (Phi) is 3.70. The number of fused-ring (bicyclic) bond motifs is 1. The quantitative estimate of drug-likeness (QED) is 0.832. The fraction of sp³-hybridized carbons (Fsp3) is 0.667. The first-order valence-electron chi connectivity index (χ1n) is 5.76. The monoisotopic (exact) mass is 328 g/mol. The average molecular weight is 328 g/mol. The highest BCUT2D eigenvalue weighted by Crippen LogP contribution is 2.30. The molecule has 1 aliphatic heterocycles. The fourth-order valence-electron chi connectivity index (χ4n) is 1.91. The van der Waals surface area contributed by atoms with E-state index in [0.29, 0.717) is 0 Å². The number of carboxylic acid groups (broad SMARTS) is 1. The van der Waals surface area contributed by atoms with Gasteiger partial charge in [-0.15, -0.1) is 10.2 Å². The second-order valence-electron chi connectivity index (χ2n) is 4.45. The van der Waals surface area contributed by atoms with Crippen LogP contribution in [0.1, 0.15) is 18.6 Å². The average Bonchev–Trinajstić information content (AvgIpc) is 2.80. The van der Waals surface area contributed by atoms with Crippen molar-refractivity contribution in [2.75, 3.05) is 6.54 Å². The van der Waals surface area contributed by atoms with E-state index in [1.807, 2.05) is 0 Å². The van der Waals surface area contributed by atoms with Gasteiger partial charge in [-0.25, -0.2) is 8.42 Å². The van der Waals surface area contributed by atoms with Gasteiger partial charge in [-0.2, -0.15) is 17.5 Å². The molecular weight excluding hydrogens is 317 g/mol. The van der Waals surface area contributed by atoms with Gasteiger partial charge in [-0.1, -0.05) is 0 Å². The summed E-state index contributed by atoms with van der Waals surface area (Å²) >= 11 is 0. The van der Waals surface area contributed by atoms with Gasteiger partial charge in [0.2, 0.25) is 15.8 Å². The lowest BCUT2D eigenvalue weighted by molar-refractivity contribution is -0.147. The van der Waals surface area contributed by atoms with Crippen molar-refractivity contribution in [2.24, 2.45) is 0 Å². The van der Waals surface area contributed by atoms with Crippen LogP contribution in [0.2, 0.25) is 0 Å². The van der Waals surface area contributed by atoms with Gasteiger partial charge in [-0.3, -0.25) is 4.79 Å². The van der Waals surface area contributed by atoms with E-state index in [1.54, 1.807) is 0 Å². The number of aromatic nitrogens is 3. The molecule has 0 aliphatic carbocycles. The van der Waals surface area contributed by atoms with Crippen LogP contribution in [0, 0.1) is 0 Å². The lowest BCUT2D eigenvalue weighted by Gasteiger charge is -2.28. The first-order chi connectivity index (χ1) is 9.55. The Hall–Kier alpha value is -1.69. The molecule has 0 saturated heterocycles. The zero-order chi connectivity index (χ0) is 16.0. The molecule has 0 spiro atoms. The molecule has 2 rings (SSSR count). The largest absolute Gasteiger partial charge is 0.480 e. The lowest BCUT2D eigenvalue weighted by Crippen LogP contribution is -2.45. The Labute approximate surface area is 117 Å². The smallest absolute Gasteiger partial charge is 0.451 e. The molecule has 0 radical (unpaired) electrons. The van der Waals surface area contributed by atoms with Crippen molar-refractivity contribution in [1.82, 2.24) is 19.1 Å². The van der Waals surface area contributed by atoms with Crippen LogP contribution in [0.3, 0.4) is 0 Å². The van der Waals surface area contributed by atoms with E-state index in [0.717, 1.165) is 15.8 Å². The van der Waals surface area contributed by atoms with Gasteiger partial charge < -0.3 is 9.67 Å². The van der Waals surface area contributed by atoms with Crippen molar-refractivity contribution in [3.63, 3.8) is 0 Å². The normalized spacial score (nSPS) is 18.3. The van der Waals surface area contributed by atoms with E-state index >= 15 is 0 Å². The van der Waals surface area contributed by atoms with Gasteiger partial charge in [0.15, 0.2) is 5.25 Å². The molecule has 1 atom stereocenters. The summed E-state index contributed by atoms with van der Waals surface area (Å²) in [4.78, 5) is 10.8. The number of alkyl halides is 3. The number of hydrogen-bond acceptors (Lipinski definition) is 5. The van der Waals surface area contributed by atoms with Crippen LogP contribution in [0.4, 0.5) is 13.2 Å². The third-order valence-corrected chi connectivity index (χ3v) is 5.25. The standard InChI is InChI=1S/C9H11F3N4O4S/c1-5(7(17)18)21(19,20)15-2-3-16-6(4-15)13-14-8(16)9(10,11)12/h5H,2-4H2,1H3,(H,17,18). The summed E-state index contributed by atoms with van der Waals surface area (Å²) in [5.41, 5.74) is 0. The Balaban J connectivity index is 2.29. The number of nitrogens with zero attached hydrogens (tertiary/aromatic N) is 4. The molecule has 0 aromatic carbocycles. The molecule has 118 valence electrons. The van der Waals surface area contributed by atoms with Crippen molar-refractivity contribution >= 4 is 16.0 Å². The van der Waals surface area contributed by atoms with Crippen LogP contribution in [0.15, 0.2) is 0 Å². The molecule has 1 aromatic heterocycles. The SMILES string of the molecule is CC(C(=O)O)S(=O)(=O)N1CCn2c(nnc2C(F)(F)F)C1. The first kappa shape index (κ1) is 15.7. The molecule has 0 bridgehead atoms. The van der Waals surface area contributed by atoms with Crippen molar-refractivity contribution in [3.8, 4) is 0 Å². The van der Waals surface area contributed by atoms with Crippen LogP contribution >= 0.6 is 0 Å². The van der Waals surface area contributed by atoms with Gasteiger partial charge >= 0.3 is 12.1 Å². The topological polar surface area (TPSA) is 105 Å². The second kappa shape index (κ2) is 4.94. The molecular formula is C9H11F3N4O4S. The number of carboxylic acids is 1. The summed E-state index contributed by atoms with van der Waals surface area (Å²) in [6, 6.07) is 0. The molecule has 12 heteroatoms. The molecule has 21 heavy (non-hydrogen) atoms. The van der Waals surface area contributed by atoms with Gasteiger partial charge in [0.25, 0.3) is 0 Å². The van der Waals surface area contributed by atoms with Crippen molar-refractivity contribution < 1.29 is 31.5 Å². The minimum Gasteiger partial charge on any atom is -0.480 e. The molecule has 8 nitrogen and oxygen atoms in total. The fourth-order valence-corrected chi connectivity index (χ4v) is 3.25. The zero-order valence-corrected chi connectivity index (χ0v) is 11.5. The molecule has 1 unspecified atom stereocenters. The van der Waals surface area contributed by atoms with Crippen LogP contribution < -0.4 is 0 Å². The molecule has 1 N–H and O–H groups in total. The summed E-state index contributed by atoms with van der Waals surface area (Å²) in [5, 5.41) is 13.4. The number of sulfonamides is 1. The van der Waals surface area contributed by atoms with Crippen LogP contribution in [-0.4, -0.2) is 50.4 Å². The first-order valence-corrected chi connectivity index (χ1v) is 7.26. The molecule has 1 aromatic rings. The Bertz CT molecular complexity index is 669. The summed E-state index contributed by atoms with van der Waals surface area (Å²) < 4.78 is 63.5. The summed E-state index contributed by atoms with van der Waals surface area (Å²) in [6.07, 6.45) is -4.68. The molecule has 0 amide bonds. The summed E-state index contributed by atoms with van der Waals surface area (Å²) in [7, 11) is -4.16. The maximum Gasteiger partial charge on any atom is 0.451 e. The van der Waals surface area contributed by atoms with Crippen LogP contribution in [0.25, 0.3) is 0 Å². The summed E-state index contributed by atoms with van der Waals surface area (Å²) in [5.74, 6) is -2.89. The molecule has 2 heterocycles. The number of carbonyl (C=O) groups is 1. The minimum atomic E-state index is -4.68. The molecule has 0 fully saturated rings. The summed E-state index contributed by atoms with van der Waals surface area (Å²) in [6.45, 7) is -0.00199. The zero-order valence-electron chi connectivity index (χ0n) is 10.7. The van der Waals surface area contributed by atoms with Gasteiger partial charge in [0, 0.05) is 13.1 Å². The third kappa shape index (κ3) is 2.72. The highest BCUT2D eigenvalue weighted by atomic mass is 32.2. The van der Waals surface area contributed by atoms with E-state index < -0.39 is 39.8 Å². The maximum absolute atomic E-state index is 12.6. The molecule has 0 saturated carbocycles. The van der Waals surface area contributed by atoms with Crippen molar-refractivity contribution in [3.05, 3.63) is 11.6 Å². The number of rotatable bonds is 3. The van der Waals surface area contributed by atoms with E-state index in [-0.39, 0.29) is 18.9 Å². The predicted molar refractivity (Wildman–Crippen MR) is 61.5 cm³/mol. The highest BCUT2D eigenvalue weighted by molar-refractivity contribution is 7.90. The number of halogens is 3. The predicted octanol–water partition coefficient (Wildman–Crippen LogP) is -0.0846. The van der Waals surface area contributed by atoms with E-state index in [1.165, 1.54) is 0 Å². The highest BCUT2D eigenvalue weighted by Gasteiger charge is 2.42. The minimum absolute atomic E-state index is 0.172. The van der Waals surface area contributed by atoms with Crippen molar-refractivity contribution in [1.29, 1.82) is 0 Å². The van der Waals surface area contributed by atoms with E-state index in [2.05, 4.69) is 10.2 Å². The second-order valence-corrected chi connectivity index (χ2v) is 6.70. The van der Waals surface area contributed by atoms with E-state index in [9.17, 15) is 26.4 Å². The van der Waals surface area contributed by atoms with Gasteiger partial charge in [-0.05, 0) is 6.92 Å². The number of hydrogen-bond donors (Lipinski definition) is 1. The van der Waals surface area contributed by atoms with Crippen LogP contribution in [0.5, 0.6) is 0 Å². The Morgan fingerprint density at radius 3 is 2.48 bits per heavy atom. The third-order valence-electron chi connectivity index (χ3n) is 3.13. The van der Waals surface area contributed by atoms with Gasteiger partial charge in [0.05, 0.1) is 6.54 Å². The number of aliphatic carboxylic acids is 1. The lowest BCUT2D eigenvalue weighted by atomic mass is 10.4. The maximum atomic E-state index is 12.6. The Morgan fingerprint density at radius 1 is 1.33 bits per heavy atom. The molecule has 1 aliphatic rings. The van der Waals surface area contributed by atoms with Gasteiger partial charge in [0.1, 0.15) is 5.82 Å². The Morgan fingerprint density at radius 2 is 1.95 bits per heavy atom. The van der Waals surface area contributed by atoms with E-state index in [4.69, 9.17) is 5.11 Å².